The van der Waals surface area contributed by atoms with E-state index in [0.717, 1.165) is 16.9 Å². The monoisotopic (exact) mass is 388 g/mol. The van der Waals surface area contributed by atoms with Gasteiger partial charge in [0, 0.05) is 29.1 Å². The van der Waals surface area contributed by atoms with Crippen LogP contribution in [0.3, 0.4) is 0 Å². The molecular weight excluding hydrogens is 368 g/mol. The number of benzene rings is 1. The zero-order valence-corrected chi connectivity index (χ0v) is 16.4. The predicted molar refractivity (Wildman–Crippen MR) is 108 cm³/mol. The molecule has 0 radical (unpaired) electrons. The summed E-state index contributed by atoms with van der Waals surface area (Å²) in [5.41, 5.74) is 3.27. The quantitative estimate of drug-likeness (QED) is 0.566. The molecule has 1 N–H and O–H groups in total. The number of hydrogen-bond acceptors (Lipinski definition) is 5. The number of aromatic nitrogens is 5. The first-order chi connectivity index (χ1) is 14.0. The second-order valence-electron chi connectivity index (χ2n) is 7.03. The van der Waals surface area contributed by atoms with Gasteiger partial charge in [-0.3, -0.25) is 14.6 Å². The van der Waals surface area contributed by atoms with Crippen LogP contribution in [0.2, 0.25) is 0 Å². The second-order valence-corrected chi connectivity index (χ2v) is 7.03. The Kier molecular flexibility index (Phi) is 4.64. The minimum absolute atomic E-state index is 0.0479. The van der Waals surface area contributed by atoms with Crippen LogP contribution in [0.15, 0.2) is 47.7 Å². The van der Waals surface area contributed by atoms with E-state index in [4.69, 9.17) is 4.74 Å². The van der Waals surface area contributed by atoms with Gasteiger partial charge in [-0.25, -0.2) is 9.50 Å². The Morgan fingerprint density at radius 3 is 2.83 bits per heavy atom. The first-order valence-corrected chi connectivity index (χ1v) is 9.22. The third-order valence-electron chi connectivity index (χ3n) is 4.83. The standard InChI is InChI=1S/C21H20N6O2/c1-13(2)18-19(25-20-15(8-22)9-24-27(20)21(18)28)16-10-23-26(12-16)11-14-6-4-5-7-17(14)29-3/h4-7,9-10,12-13,24H,11H2,1-3H3. The molecule has 4 rings (SSSR count). The van der Waals surface area contributed by atoms with Gasteiger partial charge in [-0.2, -0.15) is 10.4 Å². The highest BCUT2D eigenvalue weighted by Crippen LogP contribution is 2.26. The van der Waals surface area contributed by atoms with Crippen molar-refractivity contribution in [3.8, 4) is 23.1 Å². The highest BCUT2D eigenvalue weighted by molar-refractivity contribution is 5.67. The number of aromatic amines is 1. The number of rotatable bonds is 5. The SMILES string of the molecule is COc1ccccc1Cn1cc(-c2nc3c(C#N)c[nH]n3c(=O)c2C(C)C)cn1. The molecule has 4 aromatic rings. The molecule has 0 saturated heterocycles. The van der Waals surface area contributed by atoms with Crippen LogP contribution in [0.1, 0.15) is 36.5 Å². The van der Waals surface area contributed by atoms with Gasteiger partial charge in [0.15, 0.2) is 5.65 Å². The average molecular weight is 388 g/mol. The molecule has 3 aromatic heterocycles. The maximum atomic E-state index is 13.0. The first kappa shape index (κ1) is 18.5. The third kappa shape index (κ3) is 3.17. The summed E-state index contributed by atoms with van der Waals surface area (Å²) in [5.74, 6) is 0.740. The second kappa shape index (κ2) is 7.28. The van der Waals surface area contributed by atoms with E-state index in [1.165, 1.54) is 10.7 Å². The Labute approximate surface area is 167 Å². The fourth-order valence-electron chi connectivity index (χ4n) is 3.43. The molecule has 29 heavy (non-hydrogen) atoms. The van der Waals surface area contributed by atoms with Crippen molar-refractivity contribution in [3.63, 3.8) is 0 Å². The van der Waals surface area contributed by atoms with Crippen molar-refractivity contribution in [1.82, 2.24) is 24.4 Å². The van der Waals surface area contributed by atoms with E-state index >= 15 is 0 Å². The summed E-state index contributed by atoms with van der Waals surface area (Å²) in [7, 11) is 1.64. The van der Waals surface area contributed by atoms with Crippen molar-refractivity contribution in [2.75, 3.05) is 7.11 Å². The van der Waals surface area contributed by atoms with Gasteiger partial charge in [-0.05, 0) is 12.0 Å². The van der Waals surface area contributed by atoms with Crippen LogP contribution in [0, 0.1) is 11.3 Å². The number of nitriles is 1. The summed E-state index contributed by atoms with van der Waals surface area (Å²) >= 11 is 0. The summed E-state index contributed by atoms with van der Waals surface area (Å²) in [4.78, 5) is 17.7. The highest BCUT2D eigenvalue weighted by Gasteiger charge is 2.21. The van der Waals surface area contributed by atoms with Crippen LogP contribution in [0.5, 0.6) is 5.75 Å². The van der Waals surface area contributed by atoms with E-state index in [1.807, 2.05) is 44.3 Å². The summed E-state index contributed by atoms with van der Waals surface area (Å²) in [6, 6.07) is 9.82. The molecule has 0 spiro atoms. The average Bonchev–Trinajstić information content (AvgIpc) is 3.34. The summed E-state index contributed by atoms with van der Waals surface area (Å²) in [5, 5.41) is 16.6. The molecule has 0 aliphatic carbocycles. The molecular formula is C21H20N6O2. The van der Waals surface area contributed by atoms with E-state index in [1.54, 1.807) is 18.0 Å². The zero-order chi connectivity index (χ0) is 20.5. The van der Waals surface area contributed by atoms with E-state index in [2.05, 4.69) is 21.3 Å². The van der Waals surface area contributed by atoms with Crippen LogP contribution in [-0.2, 0) is 6.54 Å². The van der Waals surface area contributed by atoms with Crippen molar-refractivity contribution in [3.05, 3.63) is 69.9 Å². The van der Waals surface area contributed by atoms with Crippen LogP contribution >= 0.6 is 0 Å². The molecule has 0 bridgehead atoms. The largest absolute Gasteiger partial charge is 0.496 e. The molecule has 0 atom stereocenters. The lowest BCUT2D eigenvalue weighted by Crippen LogP contribution is -2.22. The van der Waals surface area contributed by atoms with E-state index in [0.29, 0.717) is 29.0 Å². The van der Waals surface area contributed by atoms with E-state index < -0.39 is 0 Å². The van der Waals surface area contributed by atoms with Crippen molar-refractivity contribution >= 4 is 5.65 Å². The van der Waals surface area contributed by atoms with Crippen molar-refractivity contribution in [1.29, 1.82) is 5.26 Å². The van der Waals surface area contributed by atoms with Crippen LogP contribution < -0.4 is 10.3 Å². The number of nitrogens with zero attached hydrogens (tertiary/aromatic N) is 5. The lowest BCUT2D eigenvalue weighted by atomic mass is 10.00. The maximum absolute atomic E-state index is 13.0. The number of ether oxygens (including phenoxy) is 1. The number of para-hydroxylation sites is 1. The minimum atomic E-state index is -0.209. The normalized spacial score (nSPS) is 11.1. The molecule has 0 unspecified atom stereocenters. The molecule has 0 aliphatic rings. The van der Waals surface area contributed by atoms with Gasteiger partial charge in [-0.15, -0.1) is 0 Å². The lowest BCUT2D eigenvalue weighted by Gasteiger charge is -2.10. The number of methoxy groups -OCH3 is 1. The highest BCUT2D eigenvalue weighted by atomic mass is 16.5. The van der Waals surface area contributed by atoms with Crippen molar-refractivity contribution < 1.29 is 4.74 Å². The van der Waals surface area contributed by atoms with Crippen LogP contribution in [-0.4, -0.2) is 31.5 Å². The van der Waals surface area contributed by atoms with Crippen molar-refractivity contribution in [2.45, 2.75) is 26.3 Å². The fourth-order valence-corrected chi connectivity index (χ4v) is 3.43. The van der Waals surface area contributed by atoms with Gasteiger partial charge in [0.05, 0.1) is 25.5 Å². The van der Waals surface area contributed by atoms with Gasteiger partial charge < -0.3 is 4.74 Å². The number of hydrogen-bond donors (Lipinski definition) is 1. The number of nitrogens with one attached hydrogen (secondary N) is 1. The minimum Gasteiger partial charge on any atom is -0.496 e. The van der Waals surface area contributed by atoms with E-state index in [9.17, 15) is 10.1 Å². The number of fused-ring (bicyclic) bond motifs is 1. The maximum Gasteiger partial charge on any atom is 0.276 e. The Bertz CT molecular complexity index is 1290. The molecule has 1 aromatic carbocycles. The van der Waals surface area contributed by atoms with Gasteiger partial charge in [0.2, 0.25) is 0 Å². The summed E-state index contributed by atoms with van der Waals surface area (Å²) in [6.45, 7) is 4.42. The molecule has 146 valence electrons. The summed E-state index contributed by atoms with van der Waals surface area (Å²) in [6.07, 6.45) is 5.04. The fraction of sp³-hybridized carbons (Fsp3) is 0.238. The predicted octanol–water partition coefficient (Wildman–Crippen LogP) is 2.94. The lowest BCUT2D eigenvalue weighted by molar-refractivity contribution is 0.407. The van der Waals surface area contributed by atoms with E-state index in [-0.39, 0.29) is 11.5 Å². The Balaban J connectivity index is 1.82. The van der Waals surface area contributed by atoms with Gasteiger partial charge in [-0.1, -0.05) is 32.0 Å². The molecule has 8 nitrogen and oxygen atoms in total. The Hall–Kier alpha value is -3.86. The Morgan fingerprint density at radius 2 is 2.10 bits per heavy atom. The molecule has 0 saturated carbocycles. The first-order valence-electron chi connectivity index (χ1n) is 9.22. The smallest absolute Gasteiger partial charge is 0.276 e. The molecule has 8 heteroatoms. The topological polar surface area (TPSA) is 101 Å². The van der Waals surface area contributed by atoms with Gasteiger partial charge in [0.1, 0.15) is 17.4 Å². The molecule has 0 fully saturated rings. The Morgan fingerprint density at radius 1 is 1.31 bits per heavy atom. The van der Waals surface area contributed by atoms with Crippen molar-refractivity contribution in [2.24, 2.45) is 0 Å². The van der Waals surface area contributed by atoms with Gasteiger partial charge >= 0.3 is 0 Å². The zero-order valence-electron chi connectivity index (χ0n) is 16.4. The van der Waals surface area contributed by atoms with Crippen LogP contribution in [0.25, 0.3) is 16.9 Å². The molecule has 3 heterocycles. The molecule has 0 aliphatic heterocycles. The number of H-pyrrole nitrogens is 1. The third-order valence-corrected chi connectivity index (χ3v) is 4.83. The van der Waals surface area contributed by atoms with Crippen LogP contribution in [0.4, 0.5) is 0 Å². The van der Waals surface area contributed by atoms with Gasteiger partial charge in [0.25, 0.3) is 5.56 Å². The summed E-state index contributed by atoms with van der Waals surface area (Å²) < 4.78 is 8.51. The molecule has 0 amide bonds.